The molecule has 2 aromatic rings. The number of aliphatic hydroxyl groups excluding tert-OH is 1. The third kappa shape index (κ3) is 3.20. The highest BCUT2D eigenvalue weighted by atomic mass is 32.1. The van der Waals surface area contributed by atoms with Gasteiger partial charge in [0.2, 0.25) is 0 Å². The van der Waals surface area contributed by atoms with Crippen LogP contribution in [-0.2, 0) is 6.54 Å². The molecule has 0 aliphatic rings. The molecule has 2 aromatic heterocycles. The summed E-state index contributed by atoms with van der Waals surface area (Å²) in [6, 6.07) is 0.312. The van der Waals surface area contributed by atoms with Gasteiger partial charge in [0.1, 0.15) is 4.70 Å². The van der Waals surface area contributed by atoms with Crippen molar-refractivity contribution in [3.8, 4) is 0 Å². The fourth-order valence-corrected chi connectivity index (χ4v) is 2.80. The fraction of sp³-hybridized carbons (Fsp3) is 0.538. The molecule has 0 aliphatic carbocycles. The minimum Gasteiger partial charge on any atom is -0.390 e. The Kier molecular flexibility index (Phi) is 4.34. The van der Waals surface area contributed by atoms with Crippen molar-refractivity contribution >= 4 is 21.6 Å². The Balaban J connectivity index is 2.17. The molecule has 0 aromatic carbocycles. The average molecular weight is 281 g/mol. The Morgan fingerprint density at radius 2 is 2.26 bits per heavy atom. The van der Waals surface area contributed by atoms with Gasteiger partial charge in [0.25, 0.3) is 5.56 Å². The standard InChI is InChI=1S/C13H19N3O2S/c1-8(2)14-4-10(17)5-16-7-15-11-9(3)6-19-12(11)13(16)18/h6-8,10,14,17H,4-5H2,1-3H3. The number of hydrogen-bond donors (Lipinski definition) is 2. The topological polar surface area (TPSA) is 67.2 Å². The molecule has 1 atom stereocenters. The molecule has 6 heteroatoms. The van der Waals surface area contributed by atoms with E-state index in [9.17, 15) is 9.90 Å². The van der Waals surface area contributed by atoms with E-state index in [1.165, 1.54) is 22.2 Å². The van der Waals surface area contributed by atoms with Crippen molar-refractivity contribution in [3.63, 3.8) is 0 Å². The third-order valence-corrected chi connectivity index (χ3v) is 3.97. The number of fused-ring (bicyclic) bond motifs is 1. The van der Waals surface area contributed by atoms with Gasteiger partial charge in [0.15, 0.2) is 0 Å². The zero-order chi connectivity index (χ0) is 14.0. The molecule has 1 unspecified atom stereocenters. The van der Waals surface area contributed by atoms with E-state index in [1.807, 2.05) is 26.2 Å². The summed E-state index contributed by atoms with van der Waals surface area (Å²) in [5, 5.41) is 15.0. The monoisotopic (exact) mass is 281 g/mol. The first kappa shape index (κ1) is 14.2. The highest BCUT2D eigenvalue weighted by molar-refractivity contribution is 7.17. The summed E-state index contributed by atoms with van der Waals surface area (Å²) < 4.78 is 2.13. The second-order valence-corrected chi connectivity index (χ2v) is 5.89. The van der Waals surface area contributed by atoms with Gasteiger partial charge in [0.05, 0.1) is 24.5 Å². The van der Waals surface area contributed by atoms with Gasteiger partial charge < -0.3 is 10.4 Å². The summed E-state index contributed by atoms with van der Waals surface area (Å²) in [4.78, 5) is 16.5. The number of thiophene rings is 1. The molecule has 0 saturated heterocycles. The molecule has 0 spiro atoms. The molecule has 0 aliphatic heterocycles. The maximum atomic E-state index is 12.2. The molecular formula is C13H19N3O2S. The van der Waals surface area contributed by atoms with E-state index < -0.39 is 6.10 Å². The Labute approximate surface area is 115 Å². The second-order valence-electron chi connectivity index (χ2n) is 5.02. The van der Waals surface area contributed by atoms with Gasteiger partial charge in [-0.3, -0.25) is 9.36 Å². The number of nitrogens with one attached hydrogen (secondary N) is 1. The number of nitrogens with zero attached hydrogens (tertiary/aromatic N) is 2. The lowest BCUT2D eigenvalue weighted by Gasteiger charge is -2.15. The van der Waals surface area contributed by atoms with Crippen LogP contribution in [0.4, 0.5) is 0 Å². The molecule has 2 N–H and O–H groups in total. The summed E-state index contributed by atoms with van der Waals surface area (Å²) in [6.45, 7) is 6.70. The highest BCUT2D eigenvalue weighted by Crippen LogP contribution is 2.19. The zero-order valence-electron chi connectivity index (χ0n) is 11.4. The first-order chi connectivity index (χ1) is 8.99. The van der Waals surface area contributed by atoms with Crippen LogP contribution in [0.3, 0.4) is 0 Å². The molecule has 104 valence electrons. The largest absolute Gasteiger partial charge is 0.390 e. The molecule has 2 heterocycles. The van der Waals surface area contributed by atoms with Crippen LogP contribution in [0.25, 0.3) is 10.2 Å². The Hall–Kier alpha value is -1.24. The van der Waals surface area contributed by atoms with E-state index in [-0.39, 0.29) is 12.1 Å². The van der Waals surface area contributed by atoms with Gasteiger partial charge in [-0.2, -0.15) is 0 Å². The van der Waals surface area contributed by atoms with Crippen molar-refractivity contribution in [3.05, 3.63) is 27.6 Å². The summed E-state index contributed by atoms with van der Waals surface area (Å²) >= 11 is 1.41. The quantitative estimate of drug-likeness (QED) is 0.862. The lowest BCUT2D eigenvalue weighted by molar-refractivity contribution is 0.147. The minimum atomic E-state index is -0.597. The van der Waals surface area contributed by atoms with Crippen LogP contribution < -0.4 is 10.9 Å². The summed E-state index contributed by atoms with van der Waals surface area (Å²) in [5.74, 6) is 0. The first-order valence-corrected chi connectivity index (χ1v) is 7.21. The molecular weight excluding hydrogens is 262 g/mol. The minimum absolute atomic E-state index is 0.0771. The summed E-state index contributed by atoms with van der Waals surface area (Å²) in [7, 11) is 0. The van der Waals surface area contributed by atoms with E-state index in [4.69, 9.17) is 0 Å². The van der Waals surface area contributed by atoms with Crippen molar-refractivity contribution in [1.82, 2.24) is 14.9 Å². The predicted molar refractivity (Wildman–Crippen MR) is 77.8 cm³/mol. The highest BCUT2D eigenvalue weighted by Gasteiger charge is 2.11. The molecule has 5 nitrogen and oxygen atoms in total. The van der Waals surface area contributed by atoms with Gasteiger partial charge in [-0.15, -0.1) is 11.3 Å². The van der Waals surface area contributed by atoms with Crippen molar-refractivity contribution in [2.75, 3.05) is 6.54 Å². The Bertz CT molecular complexity index is 618. The molecule has 0 fully saturated rings. The third-order valence-electron chi connectivity index (χ3n) is 2.89. The molecule has 0 amide bonds. The van der Waals surface area contributed by atoms with Gasteiger partial charge in [0, 0.05) is 12.6 Å². The number of hydrogen-bond acceptors (Lipinski definition) is 5. The number of rotatable bonds is 5. The first-order valence-electron chi connectivity index (χ1n) is 6.33. The van der Waals surface area contributed by atoms with Crippen LogP contribution in [0.15, 0.2) is 16.5 Å². The summed E-state index contributed by atoms with van der Waals surface area (Å²) in [5.41, 5.74) is 1.71. The number of aryl methyl sites for hydroxylation is 1. The fourth-order valence-electron chi connectivity index (χ4n) is 1.85. The zero-order valence-corrected chi connectivity index (χ0v) is 12.2. The predicted octanol–water partition coefficient (Wildman–Crippen LogP) is 1.13. The molecule has 0 radical (unpaired) electrons. The van der Waals surface area contributed by atoms with E-state index in [2.05, 4.69) is 10.3 Å². The van der Waals surface area contributed by atoms with E-state index in [1.54, 1.807) is 0 Å². The summed E-state index contributed by atoms with van der Waals surface area (Å²) in [6.07, 6.45) is 0.920. The van der Waals surface area contributed by atoms with E-state index >= 15 is 0 Å². The average Bonchev–Trinajstić information content (AvgIpc) is 2.73. The number of aromatic nitrogens is 2. The van der Waals surface area contributed by atoms with Gasteiger partial charge in [-0.1, -0.05) is 13.8 Å². The maximum Gasteiger partial charge on any atom is 0.271 e. The smallest absolute Gasteiger partial charge is 0.271 e. The van der Waals surface area contributed by atoms with Gasteiger partial charge in [-0.05, 0) is 17.9 Å². The van der Waals surface area contributed by atoms with Crippen LogP contribution in [0.5, 0.6) is 0 Å². The Morgan fingerprint density at radius 3 is 2.95 bits per heavy atom. The molecule has 0 saturated carbocycles. The molecule has 19 heavy (non-hydrogen) atoms. The van der Waals surface area contributed by atoms with Crippen molar-refractivity contribution < 1.29 is 5.11 Å². The Morgan fingerprint density at radius 1 is 1.53 bits per heavy atom. The van der Waals surface area contributed by atoms with E-state index in [0.717, 1.165) is 11.1 Å². The van der Waals surface area contributed by atoms with Crippen LogP contribution in [-0.4, -0.2) is 33.3 Å². The normalized spacial score (nSPS) is 13.3. The number of aliphatic hydroxyl groups is 1. The molecule has 2 rings (SSSR count). The van der Waals surface area contributed by atoms with Crippen LogP contribution in [0.1, 0.15) is 19.4 Å². The maximum absolute atomic E-state index is 12.2. The van der Waals surface area contributed by atoms with Crippen LogP contribution in [0.2, 0.25) is 0 Å². The SMILES string of the molecule is Cc1csc2c(=O)n(CC(O)CNC(C)C)cnc12. The lowest BCUT2D eigenvalue weighted by Crippen LogP contribution is -2.36. The van der Waals surface area contributed by atoms with Gasteiger partial charge in [-0.25, -0.2) is 4.98 Å². The van der Waals surface area contributed by atoms with Crippen LogP contribution >= 0.6 is 11.3 Å². The van der Waals surface area contributed by atoms with Crippen LogP contribution in [0, 0.1) is 6.92 Å². The lowest BCUT2D eigenvalue weighted by atomic mass is 10.3. The van der Waals surface area contributed by atoms with Crippen molar-refractivity contribution in [2.24, 2.45) is 0 Å². The second kappa shape index (κ2) is 5.81. The van der Waals surface area contributed by atoms with Gasteiger partial charge >= 0.3 is 0 Å². The molecule has 0 bridgehead atoms. The van der Waals surface area contributed by atoms with Crippen molar-refractivity contribution in [2.45, 2.75) is 39.5 Å². The van der Waals surface area contributed by atoms with E-state index in [0.29, 0.717) is 17.3 Å². The van der Waals surface area contributed by atoms with Crippen molar-refractivity contribution in [1.29, 1.82) is 0 Å².